The molecular formula is C19H14F6N2O3. The summed E-state index contributed by atoms with van der Waals surface area (Å²) < 4.78 is 82.1. The summed E-state index contributed by atoms with van der Waals surface area (Å²) in [5.41, 5.74) is 1.69. The van der Waals surface area contributed by atoms with E-state index < -0.39 is 41.0 Å². The largest absolute Gasteiger partial charge is 0.484 e. The van der Waals surface area contributed by atoms with Crippen molar-refractivity contribution in [2.24, 2.45) is 5.73 Å². The van der Waals surface area contributed by atoms with Crippen molar-refractivity contribution in [3.8, 4) is 5.75 Å². The molecule has 0 atom stereocenters. The van der Waals surface area contributed by atoms with Crippen molar-refractivity contribution in [3.05, 3.63) is 65.2 Å². The predicted molar refractivity (Wildman–Crippen MR) is 95.2 cm³/mol. The van der Waals surface area contributed by atoms with Gasteiger partial charge in [0, 0.05) is 11.8 Å². The van der Waals surface area contributed by atoms with Crippen molar-refractivity contribution >= 4 is 23.6 Å². The van der Waals surface area contributed by atoms with Crippen LogP contribution in [0.25, 0.3) is 6.08 Å². The molecule has 5 nitrogen and oxygen atoms in total. The molecule has 30 heavy (non-hydrogen) atoms. The van der Waals surface area contributed by atoms with Gasteiger partial charge in [0.15, 0.2) is 6.61 Å². The van der Waals surface area contributed by atoms with Gasteiger partial charge >= 0.3 is 12.4 Å². The Balaban J connectivity index is 2.12. The van der Waals surface area contributed by atoms with E-state index in [1.807, 2.05) is 5.32 Å². The molecule has 3 N–H and O–H groups in total. The van der Waals surface area contributed by atoms with Gasteiger partial charge in [0.25, 0.3) is 5.91 Å². The van der Waals surface area contributed by atoms with Crippen LogP contribution in [0.1, 0.15) is 16.7 Å². The Morgan fingerprint density at radius 2 is 1.47 bits per heavy atom. The molecule has 2 aromatic rings. The van der Waals surface area contributed by atoms with Crippen molar-refractivity contribution in [2.75, 3.05) is 11.9 Å². The fourth-order valence-electron chi connectivity index (χ4n) is 2.21. The second kappa shape index (κ2) is 8.89. The summed E-state index contributed by atoms with van der Waals surface area (Å²) in [5, 5.41) is 1.98. The summed E-state index contributed by atoms with van der Waals surface area (Å²) in [6.07, 6.45) is -7.82. The second-order valence-electron chi connectivity index (χ2n) is 5.94. The topological polar surface area (TPSA) is 81.4 Å². The van der Waals surface area contributed by atoms with E-state index in [4.69, 9.17) is 10.5 Å². The maximum absolute atomic E-state index is 12.8. The van der Waals surface area contributed by atoms with E-state index in [-0.39, 0.29) is 12.7 Å². The fourth-order valence-corrected chi connectivity index (χ4v) is 2.21. The summed E-state index contributed by atoms with van der Waals surface area (Å²) >= 11 is 0. The third-order valence-corrected chi connectivity index (χ3v) is 3.54. The lowest BCUT2D eigenvalue weighted by Gasteiger charge is -2.14. The minimum Gasteiger partial charge on any atom is -0.484 e. The van der Waals surface area contributed by atoms with Gasteiger partial charge in [0.2, 0.25) is 5.91 Å². The second-order valence-corrected chi connectivity index (χ2v) is 5.94. The van der Waals surface area contributed by atoms with Crippen LogP contribution in [-0.2, 0) is 21.9 Å². The van der Waals surface area contributed by atoms with Crippen molar-refractivity contribution in [3.63, 3.8) is 0 Å². The number of hydrogen-bond acceptors (Lipinski definition) is 3. The minimum absolute atomic E-state index is 0.0344. The van der Waals surface area contributed by atoms with Crippen LogP contribution in [0, 0.1) is 0 Å². The number of nitrogens with two attached hydrogens (primary N) is 1. The average molecular weight is 432 g/mol. The zero-order chi connectivity index (χ0) is 22.5. The van der Waals surface area contributed by atoms with E-state index in [0.29, 0.717) is 23.4 Å². The molecule has 0 radical (unpaired) electrons. The van der Waals surface area contributed by atoms with Gasteiger partial charge in [-0.05, 0) is 42.0 Å². The van der Waals surface area contributed by atoms with Gasteiger partial charge in [-0.2, -0.15) is 26.3 Å². The molecule has 2 aromatic carbocycles. The number of benzene rings is 2. The maximum Gasteiger partial charge on any atom is 0.416 e. The molecule has 0 bridgehead atoms. The highest BCUT2D eigenvalue weighted by molar-refractivity contribution is 6.02. The molecule has 0 saturated heterocycles. The van der Waals surface area contributed by atoms with E-state index in [1.54, 1.807) is 0 Å². The van der Waals surface area contributed by atoms with Crippen molar-refractivity contribution in [1.82, 2.24) is 0 Å². The molecule has 0 aliphatic carbocycles. The molecule has 0 spiro atoms. The van der Waals surface area contributed by atoms with Crippen LogP contribution in [0.15, 0.2) is 48.5 Å². The maximum atomic E-state index is 12.8. The van der Waals surface area contributed by atoms with Crippen molar-refractivity contribution in [2.45, 2.75) is 12.4 Å². The number of halogens is 6. The number of carbonyl (C=O) groups is 2. The summed E-state index contributed by atoms with van der Waals surface area (Å²) in [6.45, 7) is -0.325. The van der Waals surface area contributed by atoms with Crippen LogP contribution in [0.3, 0.4) is 0 Å². The Kier molecular flexibility index (Phi) is 6.75. The molecule has 0 heterocycles. The van der Waals surface area contributed by atoms with Crippen LogP contribution in [0.4, 0.5) is 32.0 Å². The molecule has 2 amide bonds. The number of alkyl halides is 6. The molecule has 0 aliphatic rings. The molecule has 160 valence electrons. The summed E-state index contributed by atoms with van der Waals surface area (Å²) in [5.74, 6) is -1.27. The fraction of sp³-hybridized carbons (Fsp3) is 0.158. The number of carbonyl (C=O) groups excluding carboxylic acids is 2. The first-order valence-corrected chi connectivity index (χ1v) is 8.14. The van der Waals surface area contributed by atoms with Crippen LogP contribution >= 0.6 is 0 Å². The lowest BCUT2D eigenvalue weighted by Crippen LogP contribution is -2.19. The Hall–Kier alpha value is -3.50. The van der Waals surface area contributed by atoms with Gasteiger partial charge < -0.3 is 15.8 Å². The predicted octanol–water partition coefficient (Wildman–Crippen LogP) is 4.24. The Labute approximate surface area is 166 Å². The molecule has 0 saturated carbocycles. The van der Waals surface area contributed by atoms with Crippen molar-refractivity contribution < 1.29 is 40.7 Å². The molecule has 0 aliphatic heterocycles. The third kappa shape index (κ3) is 6.83. The number of hydrogen-bond donors (Lipinski definition) is 2. The highest BCUT2D eigenvalue weighted by atomic mass is 19.4. The third-order valence-electron chi connectivity index (χ3n) is 3.54. The Bertz CT molecular complexity index is 918. The highest BCUT2D eigenvalue weighted by Gasteiger charge is 2.37. The van der Waals surface area contributed by atoms with Crippen LogP contribution < -0.4 is 15.8 Å². The number of rotatable bonds is 6. The van der Waals surface area contributed by atoms with Gasteiger partial charge in [0.1, 0.15) is 5.75 Å². The average Bonchev–Trinajstić information content (AvgIpc) is 2.64. The number of amides is 2. The summed E-state index contributed by atoms with van der Waals surface area (Å²) in [6, 6.07) is 6.75. The first-order valence-electron chi connectivity index (χ1n) is 8.14. The molecular weight excluding hydrogens is 418 g/mol. The van der Waals surface area contributed by atoms with Crippen LogP contribution in [0.5, 0.6) is 5.75 Å². The smallest absolute Gasteiger partial charge is 0.416 e. The van der Waals surface area contributed by atoms with Gasteiger partial charge in [-0.15, -0.1) is 0 Å². The lowest BCUT2D eigenvalue weighted by atomic mass is 10.1. The molecule has 0 unspecified atom stereocenters. The molecule has 11 heteroatoms. The van der Waals surface area contributed by atoms with E-state index in [2.05, 4.69) is 0 Å². The van der Waals surface area contributed by atoms with Crippen molar-refractivity contribution in [1.29, 1.82) is 0 Å². The lowest BCUT2D eigenvalue weighted by molar-refractivity contribution is -0.143. The SMILES string of the molecule is NC(=O)COc1ccc(/C=C/C(=O)Nc2cc(C(F)(F)F)cc(C(F)(F)F)c2)cc1. The summed E-state index contributed by atoms with van der Waals surface area (Å²) in [7, 11) is 0. The van der Waals surface area contributed by atoms with Gasteiger partial charge in [-0.3, -0.25) is 9.59 Å². The van der Waals surface area contributed by atoms with Gasteiger partial charge in [0.05, 0.1) is 11.1 Å². The Morgan fingerprint density at radius 3 is 1.93 bits per heavy atom. The molecule has 0 aromatic heterocycles. The van der Waals surface area contributed by atoms with Gasteiger partial charge in [-0.1, -0.05) is 12.1 Å². The minimum atomic E-state index is -5.02. The number of nitrogens with one attached hydrogen (secondary N) is 1. The van der Waals surface area contributed by atoms with Gasteiger partial charge in [-0.25, -0.2) is 0 Å². The van der Waals surface area contributed by atoms with E-state index in [9.17, 15) is 35.9 Å². The first-order chi connectivity index (χ1) is 13.8. The number of anilines is 1. The molecule has 2 rings (SSSR count). The zero-order valence-corrected chi connectivity index (χ0v) is 15.0. The summed E-state index contributed by atoms with van der Waals surface area (Å²) in [4.78, 5) is 22.6. The van der Waals surface area contributed by atoms with E-state index >= 15 is 0 Å². The standard InChI is InChI=1S/C19H14F6N2O3/c20-18(21,22)12-7-13(19(23,24)25)9-14(8-12)27-17(29)6-3-11-1-4-15(5-2-11)30-10-16(26)28/h1-9H,10H2,(H2,26,28)(H,27,29)/b6-3+. The van der Waals surface area contributed by atoms with E-state index in [1.165, 1.54) is 30.3 Å². The quantitative estimate of drug-likeness (QED) is 0.529. The zero-order valence-electron chi connectivity index (χ0n) is 15.0. The van der Waals surface area contributed by atoms with E-state index in [0.717, 1.165) is 6.08 Å². The van der Waals surface area contributed by atoms with Crippen LogP contribution in [-0.4, -0.2) is 18.4 Å². The first kappa shape index (κ1) is 22.8. The number of ether oxygens (including phenoxy) is 1. The highest BCUT2D eigenvalue weighted by Crippen LogP contribution is 2.37. The number of primary amides is 1. The normalized spacial score (nSPS) is 12.1. The monoisotopic (exact) mass is 432 g/mol. The van der Waals surface area contributed by atoms with Crippen LogP contribution in [0.2, 0.25) is 0 Å². The molecule has 0 fully saturated rings. The Morgan fingerprint density at radius 1 is 0.933 bits per heavy atom.